The summed E-state index contributed by atoms with van der Waals surface area (Å²) in [4.78, 5) is 11.1. The summed E-state index contributed by atoms with van der Waals surface area (Å²) < 4.78 is 0. The second kappa shape index (κ2) is 5.07. The molecule has 1 fully saturated rings. The summed E-state index contributed by atoms with van der Waals surface area (Å²) in [5, 5.41) is 15.0. The molecule has 0 heterocycles. The van der Waals surface area contributed by atoms with Gasteiger partial charge in [-0.3, -0.25) is 0 Å². The summed E-state index contributed by atoms with van der Waals surface area (Å²) in [5.41, 5.74) is 0. The zero-order valence-electron chi connectivity index (χ0n) is 8.05. The third-order valence-corrected chi connectivity index (χ3v) is 2.38. The molecule has 4 heteroatoms. The first kappa shape index (κ1) is 10.3. The Morgan fingerprint density at radius 2 is 2.15 bits per heavy atom. The molecule has 0 aromatic rings. The van der Waals surface area contributed by atoms with Gasteiger partial charge in [-0.1, -0.05) is 12.8 Å². The SMILES string of the molecule is CCNC(=O)NC1CCCCC1O. The first-order valence-electron chi connectivity index (χ1n) is 4.96. The molecule has 13 heavy (non-hydrogen) atoms. The van der Waals surface area contributed by atoms with Crippen LogP contribution in [0.5, 0.6) is 0 Å². The van der Waals surface area contributed by atoms with E-state index >= 15 is 0 Å². The zero-order chi connectivity index (χ0) is 9.68. The summed E-state index contributed by atoms with van der Waals surface area (Å²) >= 11 is 0. The van der Waals surface area contributed by atoms with E-state index in [-0.39, 0.29) is 18.2 Å². The highest BCUT2D eigenvalue weighted by Gasteiger charge is 2.23. The van der Waals surface area contributed by atoms with E-state index in [4.69, 9.17) is 0 Å². The van der Waals surface area contributed by atoms with Crippen LogP contribution >= 0.6 is 0 Å². The van der Waals surface area contributed by atoms with Crippen LogP contribution in [0.15, 0.2) is 0 Å². The summed E-state index contributed by atoms with van der Waals surface area (Å²) in [6, 6.07) is -0.228. The van der Waals surface area contributed by atoms with Crippen LogP contribution < -0.4 is 10.6 Å². The van der Waals surface area contributed by atoms with Crippen molar-refractivity contribution in [3.63, 3.8) is 0 Å². The molecule has 4 nitrogen and oxygen atoms in total. The highest BCUT2D eigenvalue weighted by atomic mass is 16.3. The van der Waals surface area contributed by atoms with Gasteiger partial charge in [0.25, 0.3) is 0 Å². The Morgan fingerprint density at radius 3 is 2.77 bits per heavy atom. The minimum atomic E-state index is -0.364. The monoisotopic (exact) mass is 186 g/mol. The van der Waals surface area contributed by atoms with Crippen LogP contribution in [0.2, 0.25) is 0 Å². The molecular formula is C9H18N2O2. The zero-order valence-corrected chi connectivity index (χ0v) is 8.05. The normalized spacial score (nSPS) is 28.2. The topological polar surface area (TPSA) is 61.4 Å². The summed E-state index contributed by atoms with van der Waals surface area (Å²) in [7, 11) is 0. The molecule has 0 bridgehead atoms. The fourth-order valence-electron chi connectivity index (χ4n) is 1.66. The van der Waals surface area contributed by atoms with Crippen LogP contribution in [0.1, 0.15) is 32.6 Å². The van der Waals surface area contributed by atoms with Gasteiger partial charge < -0.3 is 15.7 Å². The fourth-order valence-corrected chi connectivity index (χ4v) is 1.66. The average Bonchev–Trinajstić information content (AvgIpc) is 2.09. The Hall–Kier alpha value is -0.770. The second-order valence-corrected chi connectivity index (χ2v) is 3.46. The predicted octanol–water partition coefficient (Wildman–Crippen LogP) is 0.609. The van der Waals surface area contributed by atoms with Crippen molar-refractivity contribution in [2.75, 3.05) is 6.54 Å². The lowest BCUT2D eigenvalue weighted by Crippen LogP contribution is -2.48. The van der Waals surface area contributed by atoms with Gasteiger partial charge in [0.1, 0.15) is 0 Å². The van der Waals surface area contributed by atoms with E-state index in [0.717, 1.165) is 25.7 Å². The molecule has 1 aliphatic carbocycles. The summed E-state index contributed by atoms with van der Waals surface area (Å²) in [6.07, 6.45) is 3.48. The maximum atomic E-state index is 11.1. The van der Waals surface area contributed by atoms with Crippen molar-refractivity contribution in [1.82, 2.24) is 10.6 Å². The van der Waals surface area contributed by atoms with E-state index in [2.05, 4.69) is 10.6 Å². The number of rotatable bonds is 2. The van der Waals surface area contributed by atoms with Crippen molar-refractivity contribution in [3.05, 3.63) is 0 Å². The molecule has 0 aromatic heterocycles. The molecule has 1 aliphatic rings. The van der Waals surface area contributed by atoms with Gasteiger partial charge in [-0.15, -0.1) is 0 Å². The lowest BCUT2D eigenvalue weighted by atomic mass is 9.93. The number of aliphatic hydroxyl groups is 1. The molecular weight excluding hydrogens is 168 g/mol. The van der Waals surface area contributed by atoms with E-state index in [0.29, 0.717) is 6.54 Å². The van der Waals surface area contributed by atoms with Crippen LogP contribution in [-0.4, -0.2) is 29.8 Å². The van der Waals surface area contributed by atoms with Gasteiger partial charge in [-0.05, 0) is 19.8 Å². The number of hydrogen-bond donors (Lipinski definition) is 3. The van der Waals surface area contributed by atoms with Crippen molar-refractivity contribution >= 4 is 6.03 Å². The van der Waals surface area contributed by atoms with Gasteiger partial charge in [0, 0.05) is 6.54 Å². The van der Waals surface area contributed by atoms with Crippen molar-refractivity contribution < 1.29 is 9.90 Å². The third-order valence-electron chi connectivity index (χ3n) is 2.38. The Balaban J connectivity index is 2.29. The number of urea groups is 1. The Morgan fingerprint density at radius 1 is 1.46 bits per heavy atom. The number of amides is 2. The Bertz CT molecular complexity index is 173. The van der Waals surface area contributed by atoms with Crippen molar-refractivity contribution in [3.8, 4) is 0 Å². The van der Waals surface area contributed by atoms with Crippen molar-refractivity contribution in [2.24, 2.45) is 0 Å². The molecule has 3 N–H and O–H groups in total. The molecule has 0 aromatic carbocycles. The van der Waals surface area contributed by atoms with Gasteiger partial charge in [0.2, 0.25) is 0 Å². The lowest BCUT2D eigenvalue weighted by Gasteiger charge is -2.28. The first-order valence-corrected chi connectivity index (χ1v) is 4.96. The standard InChI is InChI=1S/C9H18N2O2/c1-2-10-9(13)11-7-5-3-4-6-8(7)12/h7-8,12H,2-6H2,1H3,(H2,10,11,13). The predicted molar refractivity (Wildman–Crippen MR) is 50.5 cm³/mol. The number of carbonyl (C=O) groups excluding carboxylic acids is 1. The number of aliphatic hydroxyl groups excluding tert-OH is 1. The Kier molecular flexibility index (Phi) is 4.02. The molecule has 2 atom stereocenters. The van der Waals surface area contributed by atoms with Crippen LogP contribution in [0.3, 0.4) is 0 Å². The summed E-state index contributed by atoms with van der Waals surface area (Å²) in [5.74, 6) is 0. The molecule has 0 spiro atoms. The number of hydrogen-bond acceptors (Lipinski definition) is 2. The van der Waals surface area contributed by atoms with E-state index in [1.165, 1.54) is 0 Å². The molecule has 0 saturated heterocycles. The molecule has 0 aliphatic heterocycles. The molecule has 2 unspecified atom stereocenters. The summed E-state index contributed by atoms with van der Waals surface area (Å²) in [6.45, 7) is 2.49. The third kappa shape index (κ3) is 3.22. The van der Waals surface area contributed by atoms with Gasteiger partial charge >= 0.3 is 6.03 Å². The smallest absolute Gasteiger partial charge is 0.315 e. The van der Waals surface area contributed by atoms with Gasteiger partial charge in [-0.2, -0.15) is 0 Å². The minimum absolute atomic E-state index is 0.0553. The van der Waals surface area contributed by atoms with Gasteiger partial charge in [0.05, 0.1) is 12.1 Å². The van der Waals surface area contributed by atoms with Crippen molar-refractivity contribution in [2.45, 2.75) is 44.8 Å². The fraction of sp³-hybridized carbons (Fsp3) is 0.889. The Labute approximate surface area is 78.7 Å². The van der Waals surface area contributed by atoms with Crippen LogP contribution in [0, 0.1) is 0 Å². The van der Waals surface area contributed by atoms with E-state index in [1.807, 2.05) is 6.92 Å². The van der Waals surface area contributed by atoms with E-state index < -0.39 is 0 Å². The quantitative estimate of drug-likeness (QED) is 0.591. The largest absolute Gasteiger partial charge is 0.391 e. The first-order chi connectivity index (χ1) is 6.24. The van der Waals surface area contributed by atoms with Crippen LogP contribution in [0.25, 0.3) is 0 Å². The van der Waals surface area contributed by atoms with Gasteiger partial charge in [-0.25, -0.2) is 4.79 Å². The molecule has 0 radical (unpaired) electrons. The second-order valence-electron chi connectivity index (χ2n) is 3.46. The van der Waals surface area contributed by atoms with Gasteiger partial charge in [0.15, 0.2) is 0 Å². The number of carbonyl (C=O) groups is 1. The molecule has 1 saturated carbocycles. The van der Waals surface area contributed by atoms with Crippen LogP contribution in [0.4, 0.5) is 4.79 Å². The van der Waals surface area contributed by atoms with E-state index in [9.17, 15) is 9.90 Å². The molecule has 2 amide bonds. The highest BCUT2D eigenvalue weighted by molar-refractivity contribution is 5.74. The maximum Gasteiger partial charge on any atom is 0.315 e. The molecule has 76 valence electrons. The highest BCUT2D eigenvalue weighted by Crippen LogP contribution is 2.17. The minimum Gasteiger partial charge on any atom is -0.391 e. The van der Waals surface area contributed by atoms with E-state index in [1.54, 1.807) is 0 Å². The lowest BCUT2D eigenvalue weighted by molar-refractivity contribution is 0.0944. The number of nitrogens with one attached hydrogen (secondary N) is 2. The molecule has 1 rings (SSSR count). The van der Waals surface area contributed by atoms with Crippen LogP contribution in [-0.2, 0) is 0 Å². The maximum absolute atomic E-state index is 11.1. The average molecular weight is 186 g/mol. The van der Waals surface area contributed by atoms with Crippen molar-refractivity contribution in [1.29, 1.82) is 0 Å².